The predicted molar refractivity (Wildman–Crippen MR) is 80.0 cm³/mol. The molecule has 2 heterocycles. The Bertz CT molecular complexity index is 813. The summed E-state index contributed by atoms with van der Waals surface area (Å²) in [4.78, 5) is 34.9. The van der Waals surface area contributed by atoms with Crippen LogP contribution in [0.4, 0.5) is 5.69 Å². The van der Waals surface area contributed by atoms with E-state index in [-0.39, 0.29) is 0 Å². The molecule has 2 amide bonds. The number of nitrogens with zero attached hydrogens (tertiary/aromatic N) is 1. The molecule has 1 aromatic heterocycles. The number of carboxylic acid groups (broad SMARTS) is 1. The lowest BCUT2D eigenvalue weighted by Gasteiger charge is -2.36. The number of hydrazine groups is 1. The lowest BCUT2D eigenvalue weighted by atomic mass is 10.1. The number of anilines is 1. The smallest absolute Gasteiger partial charge is 0.276 e. The molecule has 1 aliphatic heterocycles. The van der Waals surface area contributed by atoms with E-state index in [0.717, 1.165) is 11.1 Å². The van der Waals surface area contributed by atoms with Crippen LogP contribution in [-0.4, -0.2) is 22.8 Å². The fourth-order valence-electron chi connectivity index (χ4n) is 2.31. The fourth-order valence-corrected chi connectivity index (χ4v) is 2.31. The SMILES string of the molecule is O=C([O-])/C=C/C(=O)NN1C(=O)c2ccccc2N[C@@H]1c1ccco1. The molecule has 2 N–H and O–H groups in total. The van der Waals surface area contributed by atoms with Gasteiger partial charge >= 0.3 is 0 Å². The van der Waals surface area contributed by atoms with E-state index in [2.05, 4.69) is 10.7 Å². The molecule has 0 aliphatic carbocycles. The second-order valence-electron chi connectivity index (χ2n) is 4.91. The van der Waals surface area contributed by atoms with Crippen LogP contribution in [0.5, 0.6) is 0 Å². The highest BCUT2D eigenvalue weighted by Gasteiger charge is 2.35. The van der Waals surface area contributed by atoms with Gasteiger partial charge in [0.1, 0.15) is 5.76 Å². The molecule has 24 heavy (non-hydrogen) atoms. The Morgan fingerprint density at radius 3 is 2.71 bits per heavy atom. The maximum absolute atomic E-state index is 12.7. The second-order valence-corrected chi connectivity index (χ2v) is 4.91. The lowest BCUT2D eigenvalue weighted by Crippen LogP contribution is -2.52. The van der Waals surface area contributed by atoms with Crippen LogP contribution in [0, 0.1) is 0 Å². The van der Waals surface area contributed by atoms with E-state index in [1.807, 2.05) is 0 Å². The minimum Gasteiger partial charge on any atom is -0.545 e. The van der Waals surface area contributed by atoms with Crippen molar-refractivity contribution >= 4 is 23.5 Å². The third-order valence-electron chi connectivity index (χ3n) is 3.34. The van der Waals surface area contributed by atoms with Crippen LogP contribution < -0.4 is 15.8 Å². The summed E-state index contributed by atoms with van der Waals surface area (Å²) in [5.74, 6) is -2.35. The quantitative estimate of drug-likeness (QED) is 0.775. The highest BCUT2D eigenvalue weighted by Crippen LogP contribution is 2.31. The first-order chi connectivity index (χ1) is 11.6. The number of para-hydroxylation sites is 1. The highest BCUT2D eigenvalue weighted by atomic mass is 16.4. The predicted octanol–water partition coefficient (Wildman–Crippen LogP) is 0.183. The molecule has 8 heteroatoms. The molecule has 3 rings (SSSR count). The van der Waals surface area contributed by atoms with Gasteiger partial charge in [0.2, 0.25) is 0 Å². The van der Waals surface area contributed by atoms with E-state index in [0.29, 0.717) is 23.1 Å². The molecule has 1 atom stereocenters. The number of furan rings is 1. The summed E-state index contributed by atoms with van der Waals surface area (Å²) in [5.41, 5.74) is 3.31. The number of amides is 2. The molecule has 0 fully saturated rings. The average molecular weight is 326 g/mol. The van der Waals surface area contributed by atoms with E-state index in [1.54, 1.807) is 36.4 Å². The van der Waals surface area contributed by atoms with Gasteiger partial charge in [-0.05, 0) is 30.3 Å². The Balaban J connectivity index is 1.92. The van der Waals surface area contributed by atoms with Crippen LogP contribution in [0.15, 0.2) is 59.2 Å². The lowest BCUT2D eigenvalue weighted by molar-refractivity contribution is -0.297. The van der Waals surface area contributed by atoms with Gasteiger partial charge in [-0.3, -0.25) is 15.0 Å². The molecule has 1 aromatic carbocycles. The fraction of sp³-hybridized carbons (Fsp3) is 0.0625. The highest BCUT2D eigenvalue weighted by molar-refractivity contribution is 6.03. The van der Waals surface area contributed by atoms with Gasteiger partial charge in [-0.15, -0.1) is 0 Å². The van der Waals surface area contributed by atoms with Crippen molar-refractivity contribution in [3.8, 4) is 0 Å². The molecule has 0 radical (unpaired) electrons. The van der Waals surface area contributed by atoms with Gasteiger partial charge in [-0.25, -0.2) is 5.01 Å². The van der Waals surface area contributed by atoms with E-state index in [1.165, 1.54) is 6.26 Å². The van der Waals surface area contributed by atoms with Crippen LogP contribution >= 0.6 is 0 Å². The molecular weight excluding hydrogens is 314 g/mol. The van der Waals surface area contributed by atoms with E-state index >= 15 is 0 Å². The summed E-state index contributed by atoms with van der Waals surface area (Å²) < 4.78 is 5.32. The Labute approximate surface area is 136 Å². The number of fused-ring (bicyclic) bond motifs is 1. The molecule has 0 unspecified atom stereocenters. The van der Waals surface area contributed by atoms with E-state index in [4.69, 9.17) is 4.42 Å². The third-order valence-corrected chi connectivity index (χ3v) is 3.34. The minimum atomic E-state index is -1.51. The molecule has 0 bridgehead atoms. The summed E-state index contributed by atoms with van der Waals surface area (Å²) >= 11 is 0. The first-order valence-electron chi connectivity index (χ1n) is 6.98. The average Bonchev–Trinajstić information content (AvgIpc) is 3.10. The van der Waals surface area contributed by atoms with E-state index < -0.39 is 23.9 Å². The van der Waals surface area contributed by atoms with Gasteiger partial charge in [0, 0.05) is 11.8 Å². The number of carbonyl (C=O) groups excluding carboxylic acids is 3. The number of benzene rings is 1. The van der Waals surface area contributed by atoms with Gasteiger partial charge < -0.3 is 19.6 Å². The van der Waals surface area contributed by atoms with Gasteiger partial charge in [0.15, 0.2) is 6.17 Å². The van der Waals surface area contributed by atoms with Crippen LogP contribution in [-0.2, 0) is 9.59 Å². The molecule has 0 saturated heterocycles. The van der Waals surface area contributed by atoms with Crippen molar-refractivity contribution in [2.24, 2.45) is 0 Å². The van der Waals surface area contributed by atoms with Crippen molar-refractivity contribution < 1.29 is 23.9 Å². The van der Waals surface area contributed by atoms with Crippen LogP contribution in [0.2, 0.25) is 0 Å². The molecule has 1 aliphatic rings. The topological polar surface area (TPSA) is 115 Å². The normalized spacial score (nSPS) is 16.6. The third kappa shape index (κ3) is 2.98. The largest absolute Gasteiger partial charge is 0.545 e. The molecule has 0 saturated carbocycles. The number of carboxylic acids is 1. The van der Waals surface area contributed by atoms with Gasteiger partial charge in [0.25, 0.3) is 11.8 Å². The Kier molecular flexibility index (Phi) is 4.02. The summed E-state index contributed by atoms with van der Waals surface area (Å²) in [6.45, 7) is 0. The molecule has 0 spiro atoms. The number of carbonyl (C=O) groups is 3. The number of hydrogen-bond acceptors (Lipinski definition) is 6. The maximum atomic E-state index is 12.7. The van der Waals surface area contributed by atoms with Crippen molar-refractivity contribution in [1.29, 1.82) is 0 Å². The zero-order valence-corrected chi connectivity index (χ0v) is 12.3. The van der Waals surface area contributed by atoms with Crippen molar-refractivity contribution in [1.82, 2.24) is 10.4 Å². The van der Waals surface area contributed by atoms with E-state index in [9.17, 15) is 19.5 Å². The van der Waals surface area contributed by atoms with Gasteiger partial charge in [-0.1, -0.05) is 12.1 Å². The first kappa shape index (κ1) is 15.3. The van der Waals surface area contributed by atoms with Gasteiger partial charge in [-0.2, -0.15) is 0 Å². The summed E-state index contributed by atoms with van der Waals surface area (Å²) in [5, 5.41) is 14.5. The van der Waals surface area contributed by atoms with Crippen LogP contribution in [0.1, 0.15) is 22.3 Å². The molecule has 2 aromatic rings. The Morgan fingerprint density at radius 2 is 2.00 bits per heavy atom. The number of rotatable bonds is 4. The number of aliphatic carboxylic acids is 1. The Morgan fingerprint density at radius 1 is 1.21 bits per heavy atom. The van der Waals surface area contributed by atoms with Crippen molar-refractivity contribution in [2.45, 2.75) is 6.17 Å². The zero-order chi connectivity index (χ0) is 17.1. The summed E-state index contributed by atoms with van der Waals surface area (Å²) in [6.07, 6.45) is 2.01. The molecular formula is C16H12N3O5-. The van der Waals surface area contributed by atoms with Crippen molar-refractivity contribution in [3.63, 3.8) is 0 Å². The Hall–Kier alpha value is -3.55. The molecule has 8 nitrogen and oxygen atoms in total. The van der Waals surface area contributed by atoms with Crippen LogP contribution in [0.25, 0.3) is 0 Å². The molecule has 122 valence electrons. The number of hydrogen-bond donors (Lipinski definition) is 2. The zero-order valence-electron chi connectivity index (χ0n) is 12.3. The first-order valence-corrected chi connectivity index (χ1v) is 6.98. The minimum absolute atomic E-state index is 0.365. The van der Waals surface area contributed by atoms with Gasteiger partial charge in [0.05, 0.1) is 17.8 Å². The number of nitrogens with one attached hydrogen (secondary N) is 2. The monoisotopic (exact) mass is 326 g/mol. The van der Waals surface area contributed by atoms with Crippen molar-refractivity contribution in [3.05, 3.63) is 66.1 Å². The second kappa shape index (κ2) is 6.29. The maximum Gasteiger partial charge on any atom is 0.276 e. The van der Waals surface area contributed by atoms with Crippen molar-refractivity contribution in [2.75, 3.05) is 5.32 Å². The summed E-state index contributed by atoms with van der Waals surface area (Å²) in [6, 6.07) is 10.1. The summed E-state index contributed by atoms with van der Waals surface area (Å²) in [7, 11) is 0. The van der Waals surface area contributed by atoms with Crippen LogP contribution in [0.3, 0.4) is 0 Å². The standard InChI is InChI=1S/C16H13N3O5/c20-13(7-8-14(21)22)18-19-15(12-6-3-9-24-12)17-11-5-2-1-4-10(11)16(19)23/h1-9,15,17H,(H,18,20)(H,21,22)/p-1/b8-7+/t15-/m0/s1.